The fraction of sp³-hybridized carbons (Fsp3) is 0.391. The second-order valence-electron chi connectivity index (χ2n) is 7.96. The molecule has 1 aromatic heterocycles. The number of aromatic nitrogens is 1. The molecule has 0 aliphatic carbocycles. The summed E-state index contributed by atoms with van der Waals surface area (Å²) in [7, 11) is 0. The van der Waals surface area contributed by atoms with Gasteiger partial charge in [-0.1, -0.05) is 6.07 Å². The smallest absolute Gasteiger partial charge is 0.338 e. The van der Waals surface area contributed by atoms with E-state index in [1.54, 1.807) is 30.3 Å². The molecule has 1 saturated heterocycles. The number of benzene rings is 1. The molecule has 2 aliphatic heterocycles. The maximum absolute atomic E-state index is 14.2. The maximum Gasteiger partial charge on any atom is 0.338 e. The van der Waals surface area contributed by atoms with Crippen molar-refractivity contribution in [2.75, 3.05) is 26.3 Å². The molecule has 2 aromatic rings. The Labute approximate surface area is 204 Å². The molecule has 35 heavy (non-hydrogen) atoms. The lowest BCUT2D eigenvalue weighted by molar-refractivity contribution is -0.155. The number of thiazole rings is 1. The van der Waals surface area contributed by atoms with Gasteiger partial charge in [0.25, 0.3) is 0 Å². The first kappa shape index (κ1) is 24.9. The van der Waals surface area contributed by atoms with Crippen LogP contribution in [0.3, 0.4) is 0 Å². The summed E-state index contributed by atoms with van der Waals surface area (Å²) in [5.41, 5.74) is 0.672. The summed E-state index contributed by atoms with van der Waals surface area (Å²) in [4.78, 5) is 35.7. The number of nitrogens with zero attached hydrogens (tertiary/aromatic N) is 3. The molecule has 3 atom stereocenters. The van der Waals surface area contributed by atoms with Gasteiger partial charge in [0, 0.05) is 30.4 Å². The molecule has 186 valence electrons. The number of rotatable bonds is 7. The number of hydrogen-bond donors (Lipinski definition) is 2. The number of nitrogens with one attached hydrogen (secondary N) is 1. The number of carbonyl (C=O) groups is 2. The molecule has 2 aliphatic rings. The second kappa shape index (κ2) is 10.6. The Morgan fingerprint density at radius 2 is 2.14 bits per heavy atom. The third-order valence-electron chi connectivity index (χ3n) is 5.73. The minimum Gasteiger partial charge on any atom is -0.480 e. The number of amidine groups is 1. The summed E-state index contributed by atoms with van der Waals surface area (Å²) in [6.45, 7) is 4.05. The van der Waals surface area contributed by atoms with Crippen molar-refractivity contribution in [3.8, 4) is 0 Å². The van der Waals surface area contributed by atoms with Crippen LogP contribution in [0.1, 0.15) is 30.5 Å². The molecule has 9 nitrogen and oxygen atoms in total. The standard InChI is InChI=1S/C23H24F2N4O5S/c1-3-33-23(32)17-16(11-29-7-8-34-12(2)19(29)22(30)31)27-20(21-26-6-9-35-21)28-18(17)13-4-5-14(24)15(25)10-13/h4-6,9-10,12,18-19H,3,7-8,11H2,1-2H3,(H,27,28)(H,30,31)/t12-,18?,19+/m1/s1. The number of halogens is 2. The van der Waals surface area contributed by atoms with Crippen molar-refractivity contribution in [1.29, 1.82) is 0 Å². The van der Waals surface area contributed by atoms with E-state index in [0.717, 1.165) is 12.1 Å². The van der Waals surface area contributed by atoms with E-state index in [0.29, 0.717) is 29.7 Å². The van der Waals surface area contributed by atoms with Crippen LogP contribution in [-0.2, 0) is 19.1 Å². The number of morpholine rings is 1. The Morgan fingerprint density at radius 1 is 1.34 bits per heavy atom. The van der Waals surface area contributed by atoms with Gasteiger partial charge in [-0.05, 0) is 31.5 Å². The molecule has 0 spiro atoms. The number of hydrogen-bond acceptors (Lipinski definition) is 9. The van der Waals surface area contributed by atoms with Crippen molar-refractivity contribution in [2.45, 2.75) is 32.0 Å². The first-order valence-corrected chi connectivity index (χ1v) is 11.9. The van der Waals surface area contributed by atoms with Crippen molar-refractivity contribution in [1.82, 2.24) is 15.2 Å². The summed E-state index contributed by atoms with van der Waals surface area (Å²) < 4.78 is 38.6. The van der Waals surface area contributed by atoms with Crippen LogP contribution in [0, 0.1) is 11.6 Å². The number of carbonyl (C=O) groups excluding carboxylic acids is 1. The van der Waals surface area contributed by atoms with Crippen LogP contribution in [0.2, 0.25) is 0 Å². The molecule has 0 bridgehead atoms. The lowest BCUT2D eigenvalue weighted by Gasteiger charge is -2.38. The third-order valence-corrected chi connectivity index (χ3v) is 6.51. The van der Waals surface area contributed by atoms with Crippen LogP contribution in [0.4, 0.5) is 8.78 Å². The van der Waals surface area contributed by atoms with Gasteiger partial charge < -0.3 is 19.9 Å². The second-order valence-corrected chi connectivity index (χ2v) is 8.85. The molecule has 1 unspecified atom stereocenters. The Balaban J connectivity index is 1.83. The van der Waals surface area contributed by atoms with Crippen LogP contribution in [-0.4, -0.2) is 71.2 Å². The van der Waals surface area contributed by atoms with Gasteiger partial charge in [-0.15, -0.1) is 11.3 Å². The van der Waals surface area contributed by atoms with E-state index in [4.69, 9.17) is 9.47 Å². The number of esters is 1. The first-order valence-electron chi connectivity index (χ1n) is 11.0. The van der Waals surface area contributed by atoms with Crippen LogP contribution in [0.5, 0.6) is 0 Å². The number of carboxylic acids is 1. The molecule has 12 heteroatoms. The third kappa shape index (κ3) is 5.24. The van der Waals surface area contributed by atoms with E-state index in [1.807, 2.05) is 0 Å². The van der Waals surface area contributed by atoms with Crippen molar-refractivity contribution in [3.05, 3.63) is 63.3 Å². The molecule has 0 radical (unpaired) electrons. The predicted octanol–water partition coefficient (Wildman–Crippen LogP) is 2.50. The Bertz CT molecular complexity index is 1170. The Hall–Kier alpha value is -3.22. The van der Waals surface area contributed by atoms with Crippen LogP contribution in [0.15, 0.2) is 46.0 Å². The van der Waals surface area contributed by atoms with Crippen molar-refractivity contribution in [3.63, 3.8) is 0 Å². The Kier molecular flexibility index (Phi) is 7.53. The summed E-state index contributed by atoms with van der Waals surface area (Å²) in [5.74, 6) is -3.53. The fourth-order valence-electron chi connectivity index (χ4n) is 4.16. The quantitative estimate of drug-likeness (QED) is 0.551. The van der Waals surface area contributed by atoms with Gasteiger partial charge >= 0.3 is 11.9 Å². The van der Waals surface area contributed by atoms with Gasteiger partial charge in [0.2, 0.25) is 0 Å². The van der Waals surface area contributed by atoms with Gasteiger partial charge in [-0.3, -0.25) is 14.7 Å². The summed E-state index contributed by atoms with van der Waals surface area (Å²) in [6, 6.07) is 1.33. The molecule has 3 heterocycles. The van der Waals surface area contributed by atoms with E-state index >= 15 is 0 Å². The SMILES string of the molecule is CCOC(=O)C1=C(CN2CCO[C@H](C)[C@H]2C(=O)O)NC(c2nccs2)=NC1c1ccc(F)c(F)c1. The minimum absolute atomic E-state index is 0.0311. The van der Waals surface area contributed by atoms with Crippen molar-refractivity contribution >= 4 is 29.1 Å². The summed E-state index contributed by atoms with van der Waals surface area (Å²) in [6.07, 6.45) is 1.01. The number of carboxylic acid groups (broad SMARTS) is 1. The first-order chi connectivity index (χ1) is 16.8. The van der Waals surface area contributed by atoms with Crippen LogP contribution >= 0.6 is 11.3 Å². The fourth-order valence-corrected chi connectivity index (χ4v) is 4.75. The van der Waals surface area contributed by atoms with Gasteiger partial charge in [-0.2, -0.15) is 0 Å². The number of ether oxygens (including phenoxy) is 2. The van der Waals surface area contributed by atoms with E-state index < -0.39 is 41.8 Å². The van der Waals surface area contributed by atoms with Crippen LogP contribution < -0.4 is 5.32 Å². The molecule has 1 fully saturated rings. The maximum atomic E-state index is 14.2. The molecular weight excluding hydrogens is 482 g/mol. The highest BCUT2D eigenvalue weighted by atomic mass is 32.1. The largest absolute Gasteiger partial charge is 0.480 e. The topological polar surface area (TPSA) is 113 Å². The van der Waals surface area contributed by atoms with Gasteiger partial charge in [-0.25, -0.2) is 18.6 Å². The van der Waals surface area contributed by atoms with Crippen molar-refractivity contribution < 1.29 is 33.0 Å². The highest BCUT2D eigenvalue weighted by molar-refractivity contribution is 7.11. The van der Waals surface area contributed by atoms with E-state index in [1.165, 1.54) is 17.4 Å². The molecular formula is C23H24F2N4O5S. The zero-order valence-corrected chi connectivity index (χ0v) is 19.8. The molecule has 4 rings (SSSR count). The lowest BCUT2D eigenvalue weighted by atomic mass is 9.94. The lowest BCUT2D eigenvalue weighted by Crippen LogP contribution is -2.56. The van der Waals surface area contributed by atoms with E-state index in [2.05, 4.69) is 15.3 Å². The van der Waals surface area contributed by atoms with Gasteiger partial charge in [0.1, 0.15) is 12.1 Å². The zero-order valence-electron chi connectivity index (χ0n) is 19.0. The zero-order chi connectivity index (χ0) is 25.1. The average molecular weight is 507 g/mol. The summed E-state index contributed by atoms with van der Waals surface area (Å²) in [5, 5.41) is 15.2. The highest BCUT2D eigenvalue weighted by Gasteiger charge is 2.39. The molecule has 2 N–H and O–H groups in total. The van der Waals surface area contributed by atoms with Gasteiger partial charge in [0.15, 0.2) is 22.5 Å². The minimum atomic E-state index is -1.08. The molecule has 1 aromatic carbocycles. The van der Waals surface area contributed by atoms with E-state index in [9.17, 15) is 23.5 Å². The summed E-state index contributed by atoms with van der Waals surface area (Å²) >= 11 is 1.30. The number of aliphatic imine (C=N–C) groups is 1. The monoisotopic (exact) mass is 506 g/mol. The van der Waals surface area contributed by atoms with Crippen molar-refractivity contribution in [2.24, 2.45) is 4.99 Å². The normalized spacial score (nSPS) is 23.0. The molecule has 0 saturated carbocycles. The van der Waals surface area contributed by atoms with E-state index in [-0.39, 0.29) is 24.3 Å². The highest BCUT2D eigenvalue weighted by Crippen LogP contribution is 2.34. The van der Waals surface area contributed by atoms with Gasteiger partial charge in [0.05, 0.1) is 24.9 Å². The molecule has 0 amide bonds. The number of aliphatic carboxylic acids is 1. The Morgan fingerprint density at radius 3 is 2.80 bits per heavy atom. The average Bonchev–Trinajstić information content (AvgIpc) is 3.35. The predicted molar refractivity (Wildman–Crippen MR) is 123 cm³/mol. The van der Waals surface area contributed by atoms with Crippen LogP contribution in [0.25, 0.3) is 0 Å².